The molecule has 2 saturated heterocycles. The maximum absolute atomic E-state index is 8.98. The van der Waals surface area contributed by atoms with Gasteiger partial charge >= 0.3 is 0 Å². The Labute approximate surface area is 184 Å². The molecule has 2 aliphatic rings. The molecule has 4 atom stereocenters. The Morgan fingerprint density at radius 2 is 1.87 bits per heavy atom. The van der Waals surface area contributed by atoms with E-state index >= 15 is 0 Å². The number of nitrogen functional groups attached to an aromatic ring is 1. The summed E-state index contributed by atoms with van der Waals surface area (Å²) in [6.07, 6.45) is 1.03. The summed E-state index contributed by atoms with van der Waals surface area (Å²) in [7, 11) is -1.88. The molecule has 0 saturated carbocycles. The van der Waals surface area contributed by atoms with Crippen molar-refractivity contribution in [3.05, 3.63) is 17.6 Å². The predicted octanol–water partition coefficient (Wildman–Crippen LogP) is 4.28. The van der Waals surface area contributed by atoms with Gasteiger partial charge in [0.1, 0.15) is 24.4 Å². The number of nitriles is 1. The second-order valence-corrected chi connectivity index (χ2v) is 15.8. The van der Waals surface area contributed by atoms with Crippen LogP contribution in [0.4, 0.5) is 5.69 Å². The fraction of sp³-hybridized carbons (Fsp3) is 0.762. The van der Waals surface area contributed by atoms with Crippen molar-refractivity contribution in [2.45, 2.75) is 88.7 Å². The molecule has 168 valence electrons. The van der Waals surface area contributed by atoms with Crippen molar-refractivity contribution in [1.29, 1.82) is 5.26 Å². The topological polar surface area (TPSA) is 99.9 Å². The van der Waals surface area contributed by atoms with Crippen LogP contribution in [0.1, 0.15) is 45.9 Å². The Morgan fingerprint density at radius 1 is 1.23 bits per heavy atom. The number of thioether (sulfide) groups is 1. The average molecular weight is 455 g/mol. The van der Waals surface area contributed by atoms with Crippen LogP contribution in [0.2, 0.25) is 18.1 Å². The third kappa shape index (κ3) is 4.90. The van der Waals surface area contributed by atoms with Crippen molar-refractivity contribution >= 4 is 25.8 Å². The minimum absolute atomic E-state index is 0.0987. The number of furan rings is 1. The molecular formula is C21H34N2O5SSi. The molecule has 3 heterocycles. The molecular weight excluding hydrogens is 420 g/mol. The third-order valence-electron chi connectivity index (χ3n) is 6.21. The molecule has 2 aliphatic heterocycles. The smallest absolute Gasteiger partial charge is 0.226 e. The van der Waals surface area contributed by atoms with Crippen molar-refractivity contribution in [2.75, 3.05) is 18.1 Å². The van der Waals surface area contributed by atoms with E-state index in [0.717, 1.165) is 11.3 Å². The lowest BCUT2D eigenvalue weighted by Crippen LogP contribution is -2.44. The highest BCUT2D eigenvalue weighted by atomic mass is 32.2. The third-order valence-corrected chi connectivity index (χ3v) is 11.8. The SMILES string of the molecule is CC1(C)O[C@@H]2[C@@H](CO[Si](C)(C)C(C)(C)C)OC(CSCc3coc(C#N)c3N)[C@@H]2O1. The lowest BCUT2D eigenvalue weighted by atomic mass is 10.1. The van der Waals surface area contributed by atoms with Gasteiger partial charge in [-0.05, 0) is 32.0 Å². The van der Waals surface area contributed by atoms with E-state index in [2.05, 4.69) is 33.9 Å². The highest BCUT2D eigenvalue weighted by Crippen LogP contribution is 2.42. The molecule has 0 aliphatic carbocycles. The first-order chi connectivity index (χ1) is 13.8. The highest BCUT2D eigenvalue weighted by Gasteiger charge is 2.55. The van der Waals surface area contributed by atoms with E-state index in [4.69, 9.17) is 34.0 Å². The Morgan fingerprint density at radius 3 is 2.43 bits per heavy atom. The largest absolute Gasteiger partial charge is 0.451 e. The van der Waals surface area contributed by atoms with Gasteiger partial charge < -0.3 is 28.8 Å². The van der Waals surface area contributed by atoms with E-state index in [1.165, 1.54) is 0 Å². The Kier molecular flexibility index (Phi) is 6.69. The summed E-state index contributed by atoms with van der Waals surface area (Å²) >= 11 is 1.68. The van der Waals surface area contributed by atoms with E-state index in [0.29, 0.717) is 18.0 Å². The highest BCUT2D eigenvalue weighted by molar-refractivity contribution is 7.98. The van der Waals surface area contributed by atoms with Crippen molar-refractivity contribution in [3.63, 3.8) is 0 Å². The van der Waals surface area contributed by atoms with Crippen LogP contribution in [0, 0.1) is 11.3 Å². The standard InChI is InChI=1S/C21H34N2O5SSi/c1-20(2,3)30(6,7)25-10-15-18-19(28-21(4,5)27-18)16(26-15)12-29-11-13-9-24-14(8-22)17(13)23/h9,15-16,18-19H,10-12,23H2,1-7H3/t15-,16?,18-,19+/m1/s1. The quantitative estimate of drug-likeness (QED) is 0.610. The molecule has 9 heteroatoms. The molecule has 1 unspecified atom stereocenters. The molecule has 30 heavy (non-hydrogen) atoms. The van der Waals surface area contributed by atoms with Gasteiger partial charge in [0.05, 0.1) is 24.7 Å². The fourth-order valence-corrected chi connectivity index (χ4v) is 5.51. The zero-order chi connectivity index (χ0) is 22.3. The van der Waals surface area contributed by atoms with Crippen LogP contribution >= 0.6 is 11.8 Å². The van der Waals surface area contributed by atoms with Gasteiger partial charge in [-0.1, -0.05) is 20.8 Å². The van der Waals surface area contributed by atoms with E-state index in [9.17, 15) is 0 Å². The summed E-state index contributed by atoms with van der Waals surface area (Å²) in [5.41, 5.74) is 7.19. The Hall–Kier alpha value is -1.02. The summed E-state index contributed by atoms with van der Waals surface area (Å²) in [6, 6.07) is 1.96. The van der Waals surface area contributed by atoms with Crippen LogP contribution < -0.4 is 5.73 Å². The number of nitrogens with zero attached hydrogens (tertiary/aromatic N) is 1. The molecule has 0 spiro atoms. The summed E-state index contributed by atoms with van der Waals surface area (Å²) in [5, 5.41) is 9.12. The van der Waals surface area contributed by atoms with Gasteiger partial charge in [-0.15, -0.1) is 0 Å². The molecule has 3 rings (SSSR count). The van der Waals surface area contributed by atoms with Crippen LogP contribution in [0.5, 0.6) is 0 Å². The van der Waals surface area contributed by atoms with Gasteiger partial charge in [0.15, 0.2) is 14.1 Å². The number of anilines is 1. The van der Waals surface area contributed by atoms with E-state index in [1.807, 2.05) is 19.9 Å². The monoisotopic (exact) mass is 454 g/mol. The molecule has 0 amide bonds. The number of rotatable bonds is 7. The molecule has 1 aromatic rings. The first-order valence-corrected chi connectivity index (χ1v) is 14.4. The molecule has 0 aromatic carbocycles. The molecule has 7 nitrogen and oxygen atoms in total. The van der Waals surface area contributed by atoms with Gasteiger partial charge in [-0.25, -0.2) is 0 Å². The zero-order valence-electron chi connectivity index (χ0n) is 19.0. The lowest BCUT2D eigenvalue weighted by molar-refractivity contribution is -0.187. The molecule has 0 radical (unpaired) electrons. The Bertz CT molecular complexity index is 798. The Balaban J connectivity index is 1.61. The maximum Gasteiger partial charge on any atom is 0.226 e. The summed E-state index contributed by atoms with van der Waals surface area (Å²) in [5.74, 6) is 0.904. The predicted molar refractivity (Wildman–Crippen MR) is 120 cm³/mol. The number of ether oxygens (including phenoxy) is 3. The average Bonchev–Trinajstić information content (AvgIpc) is 3.24. The van der Waals surface area contributed by atoms with Crippen molar-refractivity contribution in [2.24, 2.45) is 0 Å². The van der Waals surface area contributed by atoms with Gasteiger partial charge in [-0.2, -0.15) is 17.0 Å². The summed E-state index contributed by atoms with van der Waals surface area (Å²) in [6.45, 7) is 15.6. The first-order valence-electron chi connectivity index (χ1n) is 10.3. The van der Waals surface area contributed by atoms with Crippen LogP contribution in [0.25, 0.3) is 0 Å². The van der Waals surface area contributed by atoms with E-state index in [1.54, 1.807) is 18.0 Å². The lowest BCUT2D eigenvalue weighted by Gasteiger charge is -2.37. The molecule has 2 fully saturated rings. The fourth-order valence-electron chi connectivity index (χ4n) is 3.43. The van der Waals surface area contributed by atoms with Crippen molar-refractivity contribution < 1.29 is 23.1 Å². The van der Waals surface area contributed by atoms with Gasteiger partial charge in [0.2, 0.25) is 5.76 Å². The van der Waals surface area contributed by atoms with Crippen molar-refractivity contribution in [3.8, 4) is 6.07 Å². The number of nitrogens with two attached hydrogens (primary N) is 1. The molecule has 1 aromatic heterocycles. The number of hydrogen-bond donors (Lipinski definition) is 1. The minimum Gasteiger partial charge on any atom is -0.451 e. The number of hydrogen-bond acceptors (Lipinski definition) is 8. The normalized spacial score (nSPS) is 28.5. The van der Waals surface area contributed by atoms with Gasteiger partial charge in [0.25, 0.3) is 0 Å². The molecule has 2 N–H and O–H groups in total. The summed E-state index contributed by atoms with van der Waals surface area (Å²) in [4.78, 5) is 0. The van der Waals surface area contributed by atoms with Crippen LogP contribution in [-0.4, -0.2) is 50.9 Å². The van der Waals surface area contributed by atoms with Crippen LogP contribution in [-0.2, 0) is 24.4 Å². The van der Waals surface area contributed by atoms with E-state index < -0.39 is 14.1 Å². The minimum atomic E-state index is -1.88. The van der Waals surface area contributed by atoms with Gasteiger partial charge in [-0.3, -0.25) is 0 Å². The van der Waals surface area contributed by atoms with Crippen LogP contribution in [0.3, 0.4) is 0 Å². The molecule has 0 bridgehead atoms. The van der Waals surface area contributed by atoms with Crippen molar-refractivity contribution in [1.82, 2.24) is 0 Å². The second kappa shape index (κ2) is 8.49. The second-order valence-electron chi connectivity index (χ2n) is 9.98. The first kappa shape index (κ1) is 23.6. The zero-order valence-corrected chi connectivity index (χ0v) is 20.8. The maximum atomic E-state index is 8.98. The summed E-state index contributed by atoms with van der Waals surface area (Å²) < 4.78 is 30.3. The van der Waals surface area contributed by atoms with Gasteiger partial charge in [0, 0.05) is 17.1 Å². The van der Waals surface area contributed by atoms with Crippen LogP contribution in [0.15, 0.2) is 10.7 Å². The number of fused-ring (bicyclic) bond motifs is 1. The van der Waals surface area contributed by atoms with E-state index in [-0.39, 0.29) is 35.2 Å².